The molecule has 0 aromatic carbocycles. The van der Waals surface area contributed by atoms with Crippen molar-refractivity contribution >= 4 is 11.5 Å². The molecule has 0 fully saturated rings. The van der Waals surface area contributed by atoms with Crippen LogP contribution < -0.4 is 10.6 Å². The first-order valence-electron chi connectivity index (χ1n) is 4.03. The second-order valence-corrected chi connectivity index (χ2v) is 2.77. The maximum atomic E-state index is 8.39. The number of pyridine rings is 1. The summed E-state index contributed by atoms with van der Waals surface area (Å²) in [6.45, 7) is 0.710. The van der Waals surface area contributed by atoms with Gasteiger partial charge in [0.2, 0.25) is 0 Å². The van der Waals surface area contributed by atoms with E-state index in [4.69, 9.17) is 11.0 Å². The van der Waals surface area contributed by atoms with Gasteiger partial charge in [0.1, 0.15) is 5.82 Å². The van der Waals surface area contributed by atoms with Crippen molar-refractivity contribution in [3.05, 3.63) is 18.3 Å². The minimum absolute atomic E-state index is 0.512. The van der Waals surface area contributed by atoms with Gasteiger partial charge in [-0.15, -0.1) is 0 Å². The summed E-state index contributed by atoms with van der Waals surface area (Å²) >= 11 is 0. The van der Waals surface area contributed by atoms with Crippen LogP contribution in [0.5, 0.6) is 0 Å². The molecular weight excluding hydrogens is 164 g/mol. The molecule has 0 aliphatic carbocycles. The zero-order valence-electron chi connectivity index (χ0n) is 7.57. The summed E-state index contributed by atoms with van der Waals surface area (Å²) in [5, 5.41) is 8.39. The van der Waals surface area contributed by atoms with Gasteiger partial charge in [-0.25, -0.2) is 4.98 Å². The van der Waals surface area contributed by atoms with Gasteiger partial charge >= 0.3 is 0 Å². The van der Waals surface area contributed by atoms with Crippen LogP contribution >= 0.6 is 0 Å². The summed E-state index contributed by atoms with van der Waals surface area (Å²) in [4.78, 5) is 5.93. The van der Waals surface area contributed by atoms with Gasteiger partial charge in [-0.05, 0) is 12.1 Å². The Labute approximate surface area is 77.6 Å². The van der Waals surface area contributed by atoms with Gasteiger partial charge in [0.05, 0.1) is 24.4 Å². The van der Waals surface area contributed by atoms with Crippen molar-refractivity contribution in [3.8, 4) is 6.07 Å². The van der Waals surface area contributed by atoms with E-state index < -0.39 is 0 Å². The number of nitriles is 1. The smallest absolute Gasteiger partial charge is 0.123 e. The Hall–Kier alpha value is -1.76. The summed E-state index contributed by atoms with van der Waals surface area (Å²) in [5.74, 6) is 0.512. The van der Waals surface area contributed by atoms with Gasteiger partial charge in [-0.1, -0.05) is 0 Å². The van der Waals surface area contributed by atoms with Crippen molar-refractivity contribution in [2.45, 2.75) is 6.42 Å². The zero-order chi connectivity index (χ0) is 9.68. The maximum Gasteiger partial charge on any atom is 0.123 e. The summed E-state index contributed by atoms with van der Waals surface area (Å²) in [5.41, 5.74) is 6.42. The van der Waals surface area contributed by atoms with Crippen LogP contribution in [0.3, 0.4) is 0 Å². The third-order valence-corrected chi connectivity index (χ3v) is 1.77. The molecule has 0 amide bonds. The zero-order valence-corrected chi connectivity index (χ0v) is 7.57. The predicted molar refractivity (Wildman–Crippen MR) is 52.1 cm³/mol. The average molecular weight is 176 g/mol. The third-order valence-electron chi connectivity index (χ3n) is 1.77. The fourth-order valence-corrected chi connectivity index (χ4v) is 0.970. The van der Waals surface area contributed by atoms with Gasteiger partial charge in [0.15, 0.2) is 0 Å². The van der Waals surface area contributed by atoms with Crippen molar-refractivity contribution in [1.82, 2.24) is 4.98 Å². The molecule has 0 unspecified atom stereocenters. The SMILES string of the molecule is CN(CCC#N)c1ccc(N)nc1. The number of hydrogen-bond donors (Lipinski definition) is 1. The Morgan fingerprint density at radius 2 is 2.38 bits per heavy atom. The topological polar surface area (TPSA) is 65.9 Å². The van der Waals surface area contributed by atoms with E-state index in [-0.39, 0.29) is 0 Å². The van der Waals surface area contributed by atoms with Gasteiger partial charge in [-0.2, -0.15) is 5.26 Å². The number of nitrogens with zero attached hydrogens (tertiary/aromatic N) is 3. The minimum Gasteiger partial charge on any atom is -0.384 e. The molecule has 4 nitrogen and oxygen atoms in total. The molecule has 0 bridgehead atoms. The van der Waals surface area contributed by atoms with Gasteiger partial charge in [-0.3, -0.25) is 0 Å². The molecule has 2 N–H and O–H groups in total. The van der Waals surface area contributed by atoms with E-state index in [2.05, 4.69) is 11.1 Å². The quantitative estimate of drug-likeness (QED) is 0.746. The molecule has 4 heteroatoms. The summed E-state index contributed by atoms with van der Waals surface area (Å²) in [7, 11) is 1.92. The van der Waals surface area contributed by atoms with E-state index in [0.29, 0.717) is 18.8 Å². The highest BCUT2D eigenvalue weighted by molar-refractivity contribution is 5.47. The Balaban J connectivity index is 2.62. The van der Waals surface area contributed by atoms with Crippen molar-refractivity contribution in [1.29, 1.82) is 5.26 Å². The molecule has 0 saturated carbocycles. The molecule has 0 spiro atoms. The molecule has 1 heterocycles. The number of anilines is 2. The third kappa shape index (κ3) is 2.64. The number of aromatic nitrogens is 1. The molecule has 0 aliphatic rings. The maximum absolute atomic E-state index is 8.39. The van der Waals surface area contributed by atoms with E-state index in [0.717, 1.165) is 5.69 Å². The van der Waals surface area contributed by atoms with Crippen LogP contribution in [0.25, 0.3) is 0 Å². The standard InChI is InChI=1S/C9H12N4/c1-13(6-2-5-10)8-3-4-9(11)12-7-8/h3-4,7H,2,6H2,1H3,(H2,11,12). The van der Waals surface area contributed by atoms with Crippen LogP contribution in [0.15, 0.2) is 18.3 Å². The molecule has 0 atom stereocenters. The van der Waals surface area contributed by atoms with Gasteiger partial charge < -0.3 is 10.6 Å². The number of nitrogen functional groups attached to an aromatic ring is 1. The lowest BCUT2D eigenvalue weighted by Gasteiger charge is -2.16. The molecule has 0 aliphatic heterocycles. The Bertz CT molecular complexity index is 298. The largest absolute Gasteiger partial charge is 0.384 e. The predicted octanol–water partition coefficient (Wildman–Crippen LogP) is 1.01. The lowest BCUT2D eigenvalue weighted by molar-refractivity contribution is 0.902. The molecule has 1 rings (SSSR count). The van der Waals surface area contributed by atoms with Crippen LogP contribution in [0.2, 0.25) is 0 Å². The number of rotatable bonds is 3. The molecule has 68 valence electrons. The van der Waals surface area contributed by atoms with Crippen LogP contribution in [-0.4, -0.2) is 18.6 Å². The Kier molecular flexibility index (Phi) is 3.09. The van der Waals surface area contributed by atoms with Gasteiger partial charge in [0, 0.05) is 13.6 Å². The van der Waals surface area contributed by atoms with E-state index in [1.165, 1.54) is 0 Å². The summed E-state index contributed by atoms with van der Waals surface area (Å²) in [6.07, 6.45) is 2.22. The lowest BCUT2D eigenvalue weighted by atomic mass is 10.3. The monoisotopic (exact) mass is 176 g/mol. The van der Waals surface area contributed by atoms with Crippen molar-refractivity contribution in [3.63, 3.8) is 0 Å². The summed E-state index contributed by atoms with van der Waals surface area (Å²) < 4.78 is 0. The second-order valence-electron chi connectivity index (χ2n) is 2.77. The van der Waals surface area contributed by atoms with Crippen LogP contribution in [0.4, 0.5) is 11.5 Å². The van der Waals surface area contributed by atoms with Crippen LogP contribution in [0.1, 0.15) is 6.42 Å². The average Bonchev–Trinajstić information content (AvgIpc) is 2.15. The fourth-order valence-electron chi connectivity index (χ4n) is 0.970. The number of nitrogens with two attached hydrogens (primary N) is 1. The molecule has 0 saturated heterocycles. The highest BCUT2D eigenvalue weighted by atomic mass is 15.1. The van der Waals surface area contributed by atoms with Crippen molar-refractivity contribution < 1.29 is 0 Å². The van der Waals surface area contributed by atoms with E-state index in [9.17, 15) is 0 Å². The minimum atomic E-state index is 0.512. The molecule has 13 heavy (non-hydrogen) atoms. The van der Waals surface area contributed by atoms with Crippen LogP contribution in [0, 0.1) is 11.3 Å². The molecule has 1 aromatic heterocycles. The molecule has 0 radical (unpaired) electrons. The highest BCUT2D eigenvalue weighted by Crippen LogP contribution is 2.11. The first-order chi connectivity index (χ1) is 6.24. The van der Waals surface area contributed by atoms with Gasteiger partial charge in [0.25, 0.3) is 0 Å². The van der Waals surface area contributed by atoms with Crippen LogP contribution in [-0.2, 0) is 0 Å². The lowest BCUT2D eigenvalue weighted by Crippen LogP contribution is -2.18. The highest BCUT2D eigenvalue weighted by Gasteiger charge is 1.99. The normalized spacial score (nSPS) is 9.23. The Morgan fingerprint density at radius 1 is 1.62 bits per heavy atom. The second kappa shape index (κ2) is 4.31. The van der Waals surface area contributed by atoms with Crippen molar-refractivity contribution in [2.75, 3.05) is 24.2 Å². The van der Waals surface area contributed by atoms with E-state index >= 15 is 0 Å². The summed E-state index contributed by atoms with van der Waals surface area (Å²) in [6, 6.07) is 5.73. The van der Waals surface area contributed by atoms with E-state index in [1.54, 1.807) is 12.3 Å². The molecule has 1 aromatic rings. The Morgan fingerprint density at radius 3 is 2.92 bits per heavy atom. The molecular formula is C9H12N4. The van der Waals surface area contributed by atoms with Crippen molar-refractivity contribution in [2.24, 2.45) is 0 Å². The number of hydrogen-bond acceptors (Lipinski definition) is 4. The first kappa shape index (κ1) is 9.33. The van der Waals surface area contributed by atoms with E-state index in [1.807, 2.05) is 18.0 Å². The first-order valence-corrected chi connectivity index (χ1v) is 4.03. The fraction of sp³-hybridized carbons (Fsp3) is 0.333.